The lowest BCUT2D eigenvalue weighted by Gasteiger charge is -2.11. The van der Waals surface area contributed by atoms with E-state index in [2.05, 4.69) is 10.3 Å². The molecule has 1 heterocycles. The van der Waals surface area contributed by atoms with Gasteiger partial charge in [0.2, 0.25) is 5.95 Å². The largest absolute Gasteiger partial charge is 0.496 e. The molecule has 9 nitrogen and oxygen atoms in total. The predicted octanol–water partition coefficient (Wildman–Crippen LogP) is 3.26. The van der Waals surface area contributed by atoms with E-state index < -0.39 is 11.9 Å². The average molecular weight is 427 g/mol. The van der Waals surface area contributed by atoms with E-state index in [1.165, 1.54) is 0 Å². The van der Waals surface area contributed by atoms with E-state index in [1.54, 1.807) is 7.11 Å². The van der Waals surface area contributed by atoms with Crippen molar-refractivity contribution in [1.29, 1.82) is 0 Å². The van der Waals surface area contributed by atoms with Crippen molar-refractivity contribution in [3.05, 3.63) is 60.3 Å². The van der Waals surface area contributed by atoms with Gasteiger partial charge < -0.3 is 29.6 Å². The second kappa shape index (κ2) is 11.2. The van der Waals surface area contributed by atoms with Gasteiger partial charge in [-0.2, -0.15) is 0 Å². The lowest BCUT2D eigenvalue weighted by molar-refractivity contribution is -0.159. The number of imidazole rings is 1. The molecule has 0 spiro atoms. The zero-order valence-electron chi connectivity index (χ0n) is 17.5. The summed E-state index contributed by atoms with van der Waals surface area (Å²) in [6.07, 6.45) is 1.88. The molecule has 0 fully saturated rings. The number of nitrogens with one attached hydrogen (secondary N) is 1. The molecule has 0 amide bonds. The molecule has 31 heavy (non-hydrogen) atoms. The van der Waals surface area contributed by atoms with Crippen molar-refractivity contribution in [2.24, 2.45) is 7.05 Å². The van der Waals surface area contributed by atoms with Crippen molar-refractivity contribution < 1.29 is 29.3 Å². The minimum absolute atomic E-state index is 0.650. The summed E-state index contributed by atoms with van der Waals surface area (Å²) >= 11 is 0. The first-order valence-corrected chi connectivity index (χ1v) is 9.44. The fourth-order valence-electron chi connectivity index (χ4n) is 2.75. The molecule has 0 unspecified atom stereocenters. The van der Waals surface area contributed by atoms with Crippen LogP contribution in [-0.2, 0) is 23.2 Å². The van der Waals surface area contributed by atoms with Gasteiger partial charge in [-0.1, -0.05) is 18.2 Å². The van der Waals surface area contributed by atoms with Gasteiger partial charge in [-0.15, -0.1) is 0 Å². The van der Waals surface area contributed by atoms with Crippen LogP contribution in [0.25, 0.3) is 11.3 Å². The lowest BCUT2D eigenvalue weighted by atomic mass is 10.1. The van der Waals surface area contributed by atoms with E-state index in [4.69, 9.17) is 29.3 Å². The molecular weight excluding hydrogens is 402 g/mol. The molecule has 0 aliphatic heterocycles. The summed E-state index contributed by atoms with van der Waals surface area (Å²) in [6, 6.07) is 16.0. The number of aliphatic carboxylic acids is 2. The number of ether oxygens (including phenoxy) is 2. The fourth-order valence-corrected chi connectivity index (χ4v) is 2.75. The maximum Gasteiger partial charge on any atom is 0.414 e. The monoisotopic (exact) mass is 427 g/mol. The number of carboxylic acids is 2. The summed E-state index contributed by atoms with van der Waals surface area (Å²) in [5, 5.41) is 18.2. The standard InChI is InChI=1S/C20H23N3O2.C2H2O4/c1-4-25-17-11-9-15(10-12-17)18-14-22-20(23(18)2)21-13-16-7-5-6-8-19(16)24-3;3-1(4)2(5)6/h5-12,14H,4,13H2,1-3H3,(H,21,22);(H,3,4)(H,5,6). The number of rotatable bonds is 7. The van der Waals surface area contributed by atoms with Crippen LogP contribution in [0.1, 0.15) is 12.5 Å². The Morgan fingerprint density at radius 2 is 1.71 bits per heavy atom. The van der Waals surface area contributed by atoms with Crippen molar-refractivity contribution in [3.8, 4) is 22.8 Å². The minimum Gasteiger partial charge on any atom is -0.496 e. The minimum atomic E-state index is -1.82. The number of nitrogens with zero attached hydrogens (tertiary/aromatic N) is 2. The molecule has 0 radical (unpaired) electrons. The molecule has 2 aromatic carbocycles. The summed E-state index contributed by atoms with van der Waals surface area (Å²) in [5.74, 6) is -1.08. The number of aromatic nitrogens is 2. The molecular formula is C22H25N3O6. The molecule has 0 atom stereocenters. The van der Waals surface area contributed by atoms with Gasteiger partial charge in [0, 0.05) is 24.7 Å². The van der Waals surface area contributed by atoms with Gasteiger partial charge in [0.25, 0.3) is 0 Å². The van der Waals surface area contributed by atoms with Crippen LogP contribution < -0.4 is 14.8 Å². The molecule has 0 bridgehead atoms. The Hall–Kier alpha value is -4.01. The number of hydrogen-bond acceptors (Lipinski definition) is 6. The number of hydrogen-bond donors (Lipinski definition) is 3. The molecule has 0 saturated heterocycles. The zero-order chi connectivity index (χ0) is 22.8. The first kappa shape index (κ1) is 23.3. The number of benzene rings is 2. The van der Waals surface area contributed by atoms with Gasteiger partial charge in [-0.05, 0) is 37.3 Å². The Labute approximate surface area is 179 Å². The molecule has 3 N–H and O–H groups in total. The first-order chi connectivity index (χ1) is 14.9. The highest BCUT2D eigenvalue weighted by Crippen LogP contribution is 2.25. The van der Waals surface area contributed by atoms with Crippen molar-refractivity contribution in [1.82, 2.24) is 9.55 Å². The molecule has 0 saturated carbocycles. The number of carbonyl (C=O) groups is 2. The van der Waals surface area contributed by atoms with Crippen molar-refractivity contribution >= 4 is 17.9 Å². The van der Waals surface area contributed by atoms with Gasteiger partial charge in [0.15, 0.2) is 0 Å². The normalized spacial score (nSPS) is 9.90. The Kier molecular flexibility index (Phi) is 8.44. The van der Waals surface area contributed by atoms with Crippen molar-refractivity contribution in [2.45, 2.75) is 13.5 Å². The lowest BCUT2D eigenvalue weighted by Crippen LogP contribution is -2.09. The van der Waals surface area contributed by atoms with Gasteiger partial charge in [0.05, 0.1) is 25.6 Å². The molecule has 3 aromatic rings. The van der Waals surface area contributed by atoms with Crippen LogP contribution in [0.4, 0.5) is 5.95 Å². The maximum atomic E-state index is 9.10. The van der Waals surface area contributed by atoms with Crippen LogP contribution in [0.3, 0.4) is 0 Å². The predicted molar refractivity (Wildman–Crippen MR) is 115 cm³/mol. The Morgan fingerprint density at radius 1 is 1.06 bits per heavy atom. The third-order valence-corrected chi connectivity index (χ3v) is 4.26. The summed E-state index contributed by atoms with van der Waals surface area (Å²) in [4.78, 5) is 22.7. The number of methoxy groups -OCH3 is 1. The molecule has 1 aromatic heterocycles. The Bertz CT molecular complexity index is 1000. The number of anilines is 1. The highest BCUT2D eigenvalue weighted by atomic mass is 16.5. The molecule has 3 rings (SSSR count). The number of para-hydroxylation sites is 1. The maximum absolute atomic E-state index is 9.10. The van der Waals surface area contributed by atoms with E-state index in [9.17, 15) is 0 Å². The van der Waals surface area contributed by atoms with E-state index in [-0.39, 0.29) is 0 Å². The summed E-state index contributed by atoms with van der Waals surface area (Å²) < 4.78 is 12.9. The molecule has 0 aliphatic carbocycles. The van der Waals surface area contributed by atoms with Gasteiger partial charge >= 0.3 is 11.9 Å². The van der Waals surface area contributed by atoms with Crippen molar-refractivity contribution in [2.75, 3.05) is 19.0 Å². The number of carboxylic acid groups (broad SMARTS) is 2. The van der Waals surface area contributed by atoms with Crippen LogP contribution in [0.15, 0.2) is 54.7 Å². The van der Waals surface area contributed by atoms with Crippen LogP contribution in [0, 0.1) is 0 Å². The van der Waals surface area contributed by atoms with Crippen LogP contribution in [-0.4, -0.2) is 45.4 Å². The van der Waals surface area contributed by atoms with Crippen molar-refractivity contribution in [3.63, 3.8) is 0 Å². The summed E-state index contributed by atoms with van der Waals surface area (Å²) in [7, 11) is 3.69. The average Bonchev–Trinajstić information content (AvgIpc) is 3.14. The zero-order valence-corrected chi connectivity index (χ0v) is 17.5. The van der Waals surface area contributed by atoms with E-state index in [0.29, 0.717) is 13.2 Å². The topological polar surface area (TPSA) is 123 Å². The molecule has 9 heteroatoms. The van der Waals surface area contributed by atoms with Crippen LogP contribution in [0.2, 0.25) is 0 Å². The van der Waals surface area contributed by atoms with E-state index in [1.807, 2.05) is 73.3 Å². The summed E-state index contributed by atoms with van der Waals surface area (Å²) in [5.41, 5.74) is 3.24. The second-order valence-electron chi connectivity index (χ2n) is 6.26. The molecule has 0 aliphatic rings. The SMILES string of the molecule is CCOc1ccc(-c2cnc(NCc3ccccc3OC)n2C)cc1.O=C(O)C(=O)O. The highest BCUT2D eigenvalue weighted by Gasteiger charge is 2.10. The van der Waals surface area contributed by atoms with Gasteiger partial charge in [-0.25, -0.2) is 14.6 Å². The Morgan fingerprint density at radius 3 is 2.29 bits per heavy atom. The first-order valence-electron chi connectivity index (χ1n) is 9.44. The second-order valence-corrected chi connectivity index (χ2v) is 6.26. The smallest absolute Gasteiger partial charge is 0.414 e. The Balaban J connectivity index is 0.000000501. The van der Waals surface area contributed by atoms with Crippen LogP contribution >= 0.6 is 0 Å². The third-order valence-electron chi connectivity index (χ3n) is 4.26. The third kappa shape index (κ3) is 6.49. The molecule has 164 valence electrons. The quantitative estimate of drug-likeness (QED) is 0.491. The highest BCUT2D eigenvalue weighted by molar-refractivity contribution is 6.27. The van der Waals surface area contributed by atoms with Crippen LogP contribution in [0.5, 0.6) is 11.5 Å². The van der Waals surface area contributed by atoms with E-state index in [0.717, 1.165) is 34.3 Å². The van der Waals surface area contributed by atoms with E-state index >= 15 is 0 Å². The van der Waals surface area contributed by atoms with Gasteiger partial charge in [-0.3, -0.25) is 0 Å². The summed E-state index contributed by atoms with van der Waals surface area (Å²) in [6.45, 7) is 3.30. The fraction of sp³-hybridized carbons (Fsp3) is 0.227. The van der Waals surface area contributed by atoms with Gasteiger partial charge in [0.1, 0.15) is 11.5 Å².